The zero-order valence-corrected chi connectivity index (χ0v) is 10.3. The highest BCUT2D eigenvalue weighted by Gasteiger charge is 2.01. The molecular formula is C12H15N3S. The van der Waals surface area contributed by atoms with Crippen molar-refractivity contribution in [2.45, 2.75) is 20.4 Å². The summed E-state index contributed by atoms with van der Waals surface area (Å²) in [5.74, 6) is 0. The Bertz CT molecular complexity index is 491. The van der Waals surface area contributed by atoms with E-state index in [4.69, 9.17) is 5.73 Å². The fraction of sp³-hybridized carbons (Fsp3) is 0.250. The Balaban J connectivity index is 2.05. The van der Waals surface area contributed by atoms with Crippen molar-refractivity contribution in [3.8, 4) is 0 Å². The van der Waals surface area contributed by atoms with E-state index in [-0.39, 0.29) is 0 Å². The van der Waals surface area contributed by atoms with Gasteiger partial charge in [0.2, 0.25) is 0 Å². The molecule has 0 bridgehead atoms. The fourth-order valence-electron chi connectivity index (χ4n) is 1.46. The second kappa shape index (κ2) is 4.53. The topological polar surface area (TPSA) is 50.9 Å². The molecule has 1 aromatic carbocycles. The number of nitrogens with zero attached hydrogens (tertiary/aromatic N) is 1. The predicted octanol–water partition coefficient (Wildman–Crippen LogP) is 2.95. The molecule has 0 saturated heterocycles. The molecular weight excluding hydrogens is 218 g/mol. The third-order valence-corrected chi connectivity index (χ3v) is 3.50. The lowest BCUT2D eigenvalue weighted by molar-refractivity contribution is 1.12. The van der Waals surface area contributed by atoms with Crippen molar-refractivity contribution in [3.63, 3.8) is 0 Å². The zero-order valence-electron chi connectivity index (χ0n) is 9.45. The van der Waals surface area contributed by atoms with Gasteiger partial charge in [-0.2, -0.15) is 0 Å². The van der Waals surface area contributed by atoms with Crippen LogP contribution in [0.5, 0.6) is 0 Å². The first-order valence-corrected chi connectivity index (χ1v) is 6.04. The first-order chi connectivity index (χ1) is 7.66. The summed E-state index contributed by atoms with van der Waals surface area (Å²) >= 11 is 1.68. The summed E-state index contributed by atoms with van der Waals surface area (Å²) < 4.78 is 0. The van der Waals surface area contributed by atoms with Gasteiger partial charge in [0.25, 0.3) is 0 Å². The minimum Gasteiger partial charge on any atom is -0.399 e. The van der Waals surface area contributed by atoms with Gasteiger partial charge in [0.05, 0.1) is 17.7 Å². The average Bonchev–Trinajstić information content (AvgIpc) is 2.66. The summed E-state index contributed by atoms with van der Waals surface area (Å²) in [5, 5.41) is 3.37. The molecule has 0 aliphatic rings. The number of hydrogen-bond acceptors (Lipinski definition) is 4. The summed E-state index contributed by atoms with van der Waals surface area (Å²) in [6.07, 6.45) is 0. The summed E-state index contributed by atoms with van der Waals surface area (Å²) in [6, 6.07) is 5.99. The summed E-state index contributed by atoms with van der Waals surface area (Å²) in [6.45, 7) is 4.86. The molecule has 0 atom stereocenters. The summed E-state index contributed by atoms with van der Waals surface area (Å²) in [4.78, 5) is 5.49. The lowest BCUT2D eigenvalue weighted by Gasteiger charge is -2.07. The van der Waals surface area contributed by atoms with E-state index in [0.717, 1.165) is 29.2 Å². The van der Waals surface area contributed by atoms with Crippen molar-refractivity contribution < 1.29 is 0 Å². The van der Waals surface area contributed by atoms with Crippen molar-refractivity contribution in [2.75, 3.05) is 11.1 Å². The maximum absolute atomic E-state index is 5.77. The molecule has 0 fully saturated rings. The van der Waals surface area contributed by atoms with E-state index in [1.807, 2.05) is 31.5 Å². The number of rotatable bonds is 3. The number of aryl methyl sites for hydroxylation is 2. The second-order valence-corrected chi connectivity index (χ2v) is 4.73. The van der Waals surface area contributed by atoms with Crippen LogP contribution in [0.15, 0.2) is 23.7 Å². The molecule has 0 unspecified atom stereocenters. The van der Waals surface area contributed by atoms with Crippen molar-refractivity contribution in [1.82, 2.24) is 4.98 Å². The number of anilines is 2. The number of thiazole rings is 1. The Morgan fingerprint density at radius 1 is 1.38 bits per heavy atom. The van der Waals surface area contributed by atoms with Crippen LogP contribution < -0.4 is 11.1 Å². The highest BCUT2D eigenvalue weighted by molar-refractivity contribution is 7.09. The summed E-state index contributed by atoms with van der Waals surface area (Å²) in [7, 11) is 0. The van der Waals surface area contributed by atoms with Crippen LogP contribution in [0.2, 0.25) is 0 Å². The maximum atomic E-state index is 5.77. The molecule has 0 amide bonds. The van der Waals surface area contributed by atoms with Crippen molar-refractivity contribution in [3.05, 3.63) is 39.8 Å². The van der Waals surface area contributed by atoms with E-state index in [2.05, 4.69) is 16.4 Å². The number of aromatic nitrogens is 1. The van der Waals surface area contributed by atoms with Crippen LogP contribution in [-0.4, -0.2) is 4.98 Å². The molecule has 4 heteroatoms. The molecule has 0 aliphatic heterocycles. The van der Waals surface area contributed by atoms with Gasteiger partial charge >= 0.3 is 0 Å². The van der Waals surface area contributed by atoms with E-state index in [1.165, 1.54) is 4.88 Å². The van der Waals surface area contributed by atoms with Gasteiger partial charge in [-0.15, -0.1) is 11.3 Å². The molecule has 1 aromatic heterocycles. The number of nitrogens with one attached hydrogen (secondary N) is 1. The number of benzene rings is 1. The molecule has 84 valence electrons. The first kappa shape index (κ1) is 11.0. The Morgan fingerprint density at radius 3 is 2.81 bits per heavy atom. The maximum Gasteiger partial charge on any atom is 0.0798 e. The molecule has 16 heavy (non-hydrogen) atoms. The van der Waals surface area contributed by atoms with Crippen molar-refractivity contribution in [1.29, 1.82) is 0 Å². The van der Waals surface area contributed by atoms with Crippen molar-refractivity contribution in [2.24, 2.45) is 0 Å². The third kappa shape index (κ3) is 2.33. The second-order valence-electron chi connectivity index (χ2n) is 3.79. The van der Waals surface area contributed by atoms with Crippen LogP contribution in [0.1, 0.15) is 16.1 Å². The van der Waals surface area contributed by atoms with Gasteiger partial charge in [-0.25, -0.2) is 4.98 Å². The third-order valence-electron chi connectivity index (χ3n) is 2.57. The average molecular weight is 233 g/mol. The van der Waals surface area contributed by atoms with Gasteiger partial charge in [-0.05, 0) is 37.6 Å². The molecule has 0 aliphatic carbocycles. The van der Waals surface area contributed by atoms with Crippen LogP contribution >= 0.6 is 11.3 Å². The Labute approximate surface area is 99.3 Å². The van der Waals surface area contributed by atoms with Gasteiger partial charge in [-0.1, -0.05) is 0 Å². The van der Waals surface area contributed by atoms with Crippen molar-refractivity contribution >= 4 is 22.7 Å². The Morgan fingerprint density at radius 2 is 2.19 bits per heavy atom. The number of hydrogen-bond donors (Lipinski definition) is 2. The molecule has 0 spiro atoms. The van der Waals surface area contributed by atoms with Gasteiger partial charge in [0, 0.05) is 16.3 Å². The highest BCUT2D eigenvalue weighted by atomic mass is 32.1. The molecule has 1 heterocycles. The minimum atomic E-state index is 0.819. The highest BCUT2D eigenvalue weighted by Crippen LogP contribution is 2.19. The fourth-order valence-corrected chi connectivity index (χ4v) is 2.18. The molecule has 0 saturated carbocycles. The van der Waals surface area contributed by atoms with E-state index in [0.29, 0.717) is 0 Å². The smallest absolute Gasteiger partial charge is 0.0798 e. The molecule has 3 nitrogen and oxygen atoms in total. The molecule has 0 radical (unpaired) electrons. The van der Waals surface area contributed by atoms with Crippen LogP contribution in [0.4, 0.5) is 11.4 Å². The van der Waals surface area contributed by atoms with Gasteiger partial charge in [-0.3, -0.25) is 0 Å². The van der Waals surface area contributed by atoms with Crippen LogP contribution in [0.3, 0.4) is 0 Å². The van der Waals surface area contributed by atoms with Crippen LogP contribution in [0.25, 0.3) is 0 Å². The van der Waals surface area contributed by atoms with E-state index in [1.54, 1.807) is 11.3 Å². The minimum absolute atomic E-state index is 0.819. The normalized spacial score (nSPS) is 10.4. The molecule has 3 N–H and O–H groups in total. The predicted molar refractivity (Wildman–Crippen MR) is 69.8 cm³/mol. The first-order valence-electron chi connectivity index (χ1n) is 5.16. The largest absolute Gasteiger partial charge is 0.399 e. The monoisotopic (exact) mass is 233 g/mol. The van der Waals surface area contributed by atoms with E-state index < -0.39 is 0 Å². The molecule has 2 aromatic rings. The van der Waals surface area contributed by atoms with E-state index >= 15 is 0 Å². The summed E-state index contributed by atoms with van der Waals surface area (Å²) in [5.41, 5.74) is 11.8. The lowest BCUT2D eigenvalue weighted by Crippen LogP contribution is -2.00. The Kier molecular flexibility index (Phi) is 3.10. The van der Waals surface area contributed by atoms with E-state index in [9.17, 15) is 0 Å². The van der Waals surface area contributed by atoms with Gasteiger partial charge < -0.3 is 11.1 Å². The standard InChI is InChI=1S/C12H15N3S/c1-8-5-10(3-4-11(8)13)14-6-12-9(2)15-7-16-12/h3-5,7,14H,6,13H2,1-2H3. The number of nitrogen functional groups attached to an aromatic ring is 1. The lowest BCUT2D eigenvalue weighted by atomic mass is 10.2. The Hall–Kier alpha value is -1.55. The quantitative estimate of drug-likeness (QED) is 0.801. The number of nitrogens with two attached hydrogens (primary N) is 1. The van der Waals surface area contributed by atoms with Gasteiger partial charge in [0.1, 0.15) is 0 Å². The zero-order chi connectivity index (χ0) is 11.5. The molecule has 2 rings (SSSR count). The van der Waals surface area contributed by atoms with Crippen LogP contribution in [-0.2, 0) is 6.54 Å². The van der Waals surface area contributed by atoms with Crippen LogP contribution in [0, 0.1) is 13.8 Å². The van der Waals surface area contributed by atoms with Gasteiger partial charge in [0.15, 0.2) is 0 Å². The SMILES string of the molecule is Cc1cc(NCc2scnc2C)ccc1N.